The zero-order valence-corrected chi connectivity index (χ0v) is 7.36. The summed E-state index contributed by atoms with van der Waals surface area (Å²) in [4.78, 5) is 4.08. The summed E-state index contributed by atoms with van der Waals surface area (Å²) in [7, 11) is 0. The lowest BCUT2D eigenvalue weighted by atomic mass is 9.80. The molecule has 14 heavy (non-hydrogen) atoms. The quantitative estimate of drug-likeness (QED) is 0.421. The maximum atomic E-state index is 10.4. The van der Waals surface area contributed by atoms with Crippen molar-refractivity contribution in [3.8, 4) is 28.0 Å². The number of rotatable bonds is 1. The molecule has 0 fully saturated rings. The Morgan fingerprint density at radius 3 is 2.29 bits per heavy atom. The molecule has 0 bridgehead atoms. The van der Waals surface area contributed by atoms with E-state index in [9.17, 15) is 5.26 Å². The van der Waals surface area contributed by atoms with Gasteiger partial charge in [-0.1, -0.05) is 36.4 Å². The maximum absolute atomic E-state index is 10.4. The highest BCUT2D eigenvalue weighted by molar-refractivity contribution is 6.04. The van der Waals surface area contributed by atoms with Crippen LogP contribution in [0, 0.1) is 0 Å². The van der Waals surface area contributed by atoms with Gasteiger partial charge >= 0.3 is 0 Å². The van der Waals surface area contributed by atoms with Crippen molar-refractivity contribution in [2.75, 3.05) is 0 Å². The van der Waals surface area contributed by atoms with Crippen LogP contribution in [-0.2, 0) is 5.26 Å². The number of hydrogen-bond acceptors (Lipinski definition) is 1. The summed E-state index contributed by atoms with van der Waals surface area (Å²) >= 11 is 0. The lowest BCUT2D eigenvalue weighted by molar-refractivity contribution is -0.208. The van der Waals surface area contributed by atoms with Crippen molar-refractivity contribution in [2.45, 2.75) is 0 Å². The summed E-state index contributed by atoms with van der Waals surface area (Å²) in [5, 5.41) is 10.4. The standard InChI is InChI=1S/C12H7O2/c13-14-11-7-3-6-10-8-4-1-2-5-9(8)12(10)11/h1-7H. The van der Waals surface area contributed by atoms with Crippen molar-refractivity contribution in [3.05, 3.63) is 42.5 Å². The van der Waals surface area contributed by atoms with E-state index in [-0.39, 0.29) is 0 Å². The lowest BCUT2D eigenvalue weighted by Crippen LogP contribution is -2.00. The van der Waals surface area contributed by atoms with Gasteiger partial charge in [-0.25, -0.2) is 0 Å². The normalized spacial score (nSPS) is 11.2. The Balaban J connectivity index is 2.28. The van der Waals surface area contributed by atoms with E-state index >= 15 is 0 Å². The minimum absolute atomic E-state index is 0.418. The van der Waals surface area contributed by atoms with Crippen LogP contribution >= 0.6 is 0 Å². The summed E-state index contributed by atoms with van der Waals surface area (Å²) in [5.41, 5.74) is 4.35. The number of benzene rings is 2. The average molecular weight is 183 g/mol. The van der Waals surface area contributed by atoms with Crippen molar-refractivity contribution in [2.24, 2.45) is 0 Å². The SMILES string of the molecule is [O]Oc1cccc2c1-c1ccccc1-2. The predicted octanol–water partition coefficient (Wildman–Crippen LogP) is 3.06. The highest BCUT2D eigenvalue weighted by Crippen LogP contribution is 2.51. The molecule has 2 nitrogen and oxygen atoms in total. The number of fused-ring (bicyclic) bond motifs is 4. The fraction of sp³-hybridized carbons (Fsp3) is 0. The largest absolute Gasteiger partial charge is 0.305 e. The maximum Gasteiger partial charge on any atom is 0.177 e. The molecule has 1 radical (unpaired) electrons. The molecule has 2 heteroatoms. The van der Waals surface area contributed by atoms with E-state index in [1.165, 1.54) is 5.56 Å². The van der Waals surface area contributed by atoms with E-state index in [0.29, 0.717) is 5.75 Å². The first-order chi connectivity index (χ1) is 6.92. The molecular formula is C12H7O2. The van der Waals surface area contributed by atoms with E-state index in [0.717, 1.165) is 16.7 Å². The third kappa shape index (κ3) is 0.783. The molecule has 0 aromatic heterocycles. The first kappa shape index (κ1) is 7.59. The Hall–Kier alpha value is -1.80. The molecule has 0 unspecified atom stereocenters. The molecule has 2 aromatic rings. The molecule has 2 aromatic carbocycles. The number of hydrogen-bond donors (Lipinski definition) is 0. The topological polar surface area (TPSA) is 29.1 Å². The van der Waals surface area contributed by atoms with E-state index < -0.39 is 0 Å². The van der Waals surface area contributed by atoms with Gasteiger partial charge < -0.3 is 4.89 Å². The van der Waals surface area contributed by atoms with Crippen LogP contribution in [0.3, 0.4) is 0 Å². The van der Waals surface area contributed by atoms with Crippen molar-refractivity contribution >= 4 is 0 Å². The second kappa shape index (κ2) is 2.59. The van der Waals surface area contributed by atoms with E-state index in [2.05, 4.69) is 4.89 Å². The fourth-order valence-electron chi connectivity index (χ4n) is 1.98. The predicted molar refractivity (Wildman–Crippen MR) is 52.2 cm³/mol. The second-order valence-electron chi connectivity index (χ2n) is 3.31. The van der Waals surface area contributed by atoms with Gasteiger partial charge in [-0.05, 0) is 22.8 Å². The van der Waals surface area contributed by atoms with Crippen molar-refractivity contribution in [1.29, 1.82) is 0 Å². The van der Waals surface area contributed by atoms with E-state index in [1.807, 2.05) is 36.4 Å². The van der Waals surface area contributed by atoms with Crippen LogP contribution in [0.4, 0.5) is 0 Å². The van der Waals surface area contributed by atoms with Crippen LogP contribution in [0.1, 0.15) is 0 Å². The van der Waals surface area contributed by atoms with Gasteiger partial charge in [0.1, 0.15) is 0 Å². The molecule has 0 atom stereocenters. The summed E-state index contributed by atoms with van der Waals surface area (Å²) < 4.78 is 0. The van der Waals surface area contributed by atoms with Crippen molar-refractivity contribution in [1.82, 2.24) is 0 Å². The zero-order chi connectivity index (χ0) is 9.54. The van der Waals surface area contributed by atoms with Gasteiger partial charge in [-0.15, -0.1) is 0 Å². The van der Waals surface area contributed by atoms with Crippen LogP contribution in [0.2, 0.25) is 0 Å². The van der Waals surface area contributed by atoms with Gasteiger partial charge in [-0.2, -0.15) is 0 Å². The lowest BCUT2D eigenvalue weighted by Gasteiger charge is -2.24. The molecule has 0 N–H and O–H groups in total. The Morgan fingerprint density at radius 1 is 0.786 bits per heavy atom. The van der Waals surface area contributed by atoms with Gasteiger partial charge in [-0.3, -0.25) is 0 Å². The summed E-state index contributed by atoms with van der Waals surface area (Å²) in [5.74, 6) is 0.418. The molecule has 0 saturated heterocycles. The third-order valence-corrected chi connectivity index (χ3v) is 2.60. The minimum atomic E-state index is 0.418. The van der Waals surface area contributed by atoms with Crippen LogP contribution in [0.5, 0.6) is 5.75 Å². The van der Waals surface area contributed by atoms with Crippen LogP contribution in [0.25, 0.3) is 22.3 Å². The van der Waals surface area contributed by atoms with Crippen molar-refractivity contribution in [3.63, 3.8) is 0 Å². The molecule has 0 aliphatic heterocycles. The molecule has 0 saturated carbocycles. The molecule has 1 aliphatic rings. The van der Waals surface area contributed by atoms with Gasteiger partial charge in [0.05, 0.1) is 0 Å². The minimum Gasteiger partial charge on any atom is -0.305 e. The Bertz CT molecular complexity index is 503. The van der Waals surface area contributed by atoms with Crippen LogP contribution < -0.4 is 4.89 Å². The Morgan fingerprint density at radius 2 is 1.50 bits per heavy atom. The molecule has 0 heterocycles. The van der Waals surface area contributed by atoms with Gasteiger partial charge in [0, 0.05) is 10.8 Å². The van der Waals surface area contributed by atoms with E-state index in [4.69, 9.17) is 0 Å². The first-order valence-electron chi connectivity index (χ1n) is 4.44. The average Bonchev–Trinajstić information content (AvgIpc) is 2.24. The van der Waals surface area contributed by atoms with Gasteiger partial charge in [0.2, 0.25) is 0 Å². The van der Waals surface area contributed by atoms with Gasteiger partial charge in [0.25, 0.3) is 0 Å². The van der Waals surface area contributed by atoms with E-state index in [1.54, 1.807) is 6.07 Å². The summed E-state index contributed by atoms with van der Waals surface area (Å²) in [6.45, 7) is 0. The molecule has 3 rings (SSSR count). The molecule has 1 aliphatic carbocycles. The monoisotopic (exact) mass is 183 g/mol. The van der Waals surface area contributed by atoms with Crippen LogP contribution in [-0.4, -0.2) is 0 Å². The molecule has 0 spiro atoms. The van der Waals surface area contributed by atoms with Gasteiger partial charge in [0.15, 0.2) is 5.75 Å². The highest BCUT2D eigenvalue weighted by Gasteiger charge is 2.25. The third-order valence-electron chi connectivity index (χ3n) is 2.60. The summed E-state index contributed by atoms with van der Waals surface area (Å²) in [6.07, 6.45) is 0. The first-order valence-corrected chi connectivity index (χ1v) is 4.44. The Labute approximate surface area is 81.3 Å². The second-order valence-corrected chi connectivity index (χ2v) is 3.31. The molecular weight excluding hydrogens is 176 g/mol. The Kier molecular flexibility index (Phi) is 1.41. The zero-order valence-electron chi connectivity index (χ0n) is 7.36. The summed E-state index contributed by atoms with van der Waals surface area (Å²) in [6, 6.07) is 13.5. The van der Waals surface area contributed by atoms with Crippen LogP contribution in [0.15, 0.2) is 42.5 Å². The fourth-order valence-corrected chi connectivity index (χ4v) is 1.98. The molecule has 67 valence electrons. The molecule has 0 amide bonds. The smallest absolute Gasteiger partial charge is 0.177 e. The van der Waals surface area contributed by atoms with Crippen molar-refractivity contribution < 1.29 is 10.1 Å². The highest BCUT2D eigenvalue weighted by atomic mass is 17.1.